The second-order valence-electron chi connectivity index (χ2n) is 5.30. The van der Waals surface area contributed by atoms with Crippen LogP contribution < -0.4 is 4.90 Å². The first-order valence-corrected chi connectivity index (χ1v) is 7.94. The number of fused-ring (bicyclic) bond motifs is 1. The Kier molecular flexibility index (Phi) is 3.94. The van der Waals surface area contributed by atoms with Gasteiger partial charge in [0.2, 0.25) is 0 Å². The molecule has 21 heavy (non-hydrogen) atoms. The second-order valence-corrected chi connectivity index (χ2v) is 6.18. The lowest BCUT2D eigenvalue weighted by Crippen LogP contribution is -2.31. The van der Waals surface area contributed by atoms with Crippen molar-refractivity contribution in [1.29, 1.82) is 0 Å². The molecule has 2 heterocycles. The van der Waals surface area contributed by atoms with E-state index in [4.69, 9.17) is 4.98 Å². The molecular formula is C16H19N3OS. The summed E-state index contributed by atoms with van der Waals surface area (Å²) in [6.07, 6.45) is 1.96. The van der Waals surface area contributed by atoms with Crippen LogP contribution >= 0.6 is 11.3 Å². The highest BCUT2D eigenvalue weighted by atomic mass is 32.1. The molecule has 110 valence electrons. The Labute approximate surface area is 128 Å². The number of rotatable bonds is 5. The smallest absolute Gasteiger partial charge is 0.195 e. The van der Waals surface area contributed by atoms with Gasteiger partial charge in [-0.25, -0.2) is 4.98 Å². The van der Waals surface area contributed by atoms with Gasteiger partial charge in [-0.15, -0.1) is 11.3 Å². The minimum Gasteiger partial charge on any atom is -0.390 e. The number of aromatic nitrogens is 2. The van der Waals surface area contributed by atoms with Crippen molar-refractivity contribution in [2.75, 3.05) is 4.90 Å². The van der Waals surface area contributed by atoms with Gasteiger partial charge >= 0.3 is 0 Å². The van der Waals surface area contributed by atoms with Crippen LogP contribution in [0.2, 0.25) is 0 Å². The number of thiazole rings is 1. The molecule has 5 heteroatoms. The third kappa shape index (κ3) is 2.66. The quantitative estimate of drug-likeness (QED) is 0.786. The lowest BCUT2D eigenvalue weighted by Gasteiger charge is -2.27. The molecule has 1 aromatic carbocycles. The lowest BCUT2D eigenvalue weighted by molar-refractivity contribution is 0.276. The van der Waals surface area contributed by atoms with Crippen LogP contribution in [0.5, 0.6) is 0 Å². The van der Waals surface area contributed by atoms with E-state index in [0.717, 1.165) is 23.0 Å². The number of imidazole rings is 1. The number of aliphatic hydroxyl groups is 1. The van der Waals surface area contributed by atoms with Gasteiger partial charge in [-0.1, -0.05) is 30.3 Å². The van der Waals surface area contributed by atoms with Crippen LogP contribution in [0.1, 0.15) is 25.1 Å². The zero-order valence-electron chi connectivity index (χ0n) is 12.2. The molecule has 0 unspecified atom stereocenters. The molecule has 0 aliphatic heterocycles. The highest BCUT2D eigenvalue weighted by Gasteiger charge is 2.20. The average molecular weight is 301 g/mol. The van der Waals surface area contributed by atoms with Crippen LogP contribution in [0.25, 0.3) is 4.96 Å². The van der Waals surface area contributed by atoms with Gasteiger partial charge in [0.1, 0.15) is 0 Å². The standard InChI is InChI=1S/C16H19N3OS/c1-12(2)19(10-13-6-4-3-5-7-13)15-14(11-20)18-8-9-21-16(18)17-15/h3-9,12,20H,10-11H2,1-2H3. The normalized spacial score (nSPS) is 11.4. The van der Waals surface area contributed by atoms with Crippen molar-refractivity contribution in [1.82, 2.24) is 9.38 Å². The molecule has 0 aliphatic rings. The summed E-state index contributed by atoms with van der Waals surface area (Å²) in [4.78, 5) is 7.87. The van der Waals surface area contributed by atoms with Gasteiger partial charge in [-0.05, 0) is 19.4 Å². The summed E-state index contributed by atoms with van der Waals surface area (Å²) in [5.41, 5.74) is 2.10. The summed E-state index contributed by atoms with van der Waals surface area (Å²) in [5.74, 6) is 0.878. The number of nitrogens with zero attached hydrogens (tertiary/aromatic N) is 3. The van der Waals surface area contributed by atoms with Crippen molar-refractivity contribution in [2.24, 2.45) is 0 Å². The molecule has 0 bridgehead atoms. The van der Waals surface area contributed by atoms with Gasteiger partial charge in [0.25, 0.3) is 0 Å². The van der Waals surface area contributed by atoms with Crippen molar-refractivity contribution in [2.45, 2.75) is 33.0 Å². The fraction of sp³-hybridized carbons (Fsp3) is 0.312. The maximum Gasteiger partial charge on any atom is 0.195 e. The van der Waals surface area contributed by atoms with Crippen molar-refractivity contribution >= 4 is 22.1 Å². The fourth-order valence-corrected chi connectivity index (χ4v) is 3.21. The number of hydrogen-bond donors (Lipinski definition) is 1. The number of anilines is 1. The molecule has 0 aliphatic carbocycles. The molecule has 1 N–H and O–H groups in total. The molecular weight excluding hydrogens is 282 g/mol. The maximum atomic E-state index is 9.74. The molecule has 0 saturated heterocycles. The Bertz CT molecular complexity index is 718. The minimum atomic E-state index is -0.00869. The number of aliphatic hydroxyl groups excluding tert-OH is 1. The highest BCUT2D eigenvalue weighted by molar-refractivity contribution is 7.15. The Morgan fingerprint density at radius 3 is 2.71 bits per heavy atom. The van der Waals surface area contributed by atoms with Gasteiger partial charge in [-0.2, -0.15) is 0 Å². The van der Waals surface area contributed by atoms with E-state index in [1.807, 2.05) is 34.2 Å². The monoisotopic (exact) mass is 301 g/mol. The largest absolute Gasteiger partial charge is 0.390 e. The van der Waals surface area contributed by atoms with Crippen LogP contribution in [0.4, 0.5) is 5.82 Å². The van der Waals surface area contributed by atoms with Gasteiger partial charge in [0.15, 0.2) is 10.8 Å². The van der Waals surface area contributed by atoms with Gasteiger partial charge in [-0.3, -0.25) is 4.40 Å². The Morgan fingerprint density at radius 2 is 2.05 bits per heavy atom. The van der Waals surface area contributed by atoms with Crippen molar-refractivity contribution in [3.63, 3.8) is 0 Å². The first-order valence-electron chi connectivity index (χ1n) is 7.06. The van der Waals surface area contributed by atoms with E-state index >= 15 is 0 Å². The minimum absolute atomic E-state index is 0.00869. The zero-order chi connectivity index (χ0) is 14.8. The van der Waals surface area contributed by atoms with E-state index in [1.165, 1.54) is 5.56 Å². The molecule has 0 spiro atoms. The lowest BCUT2D eigenvalue weighted by atomic mass is 10.2. The van der Waals surface area contributed by atoms with E-state index in [-0.39, 0.29) is 6.61 Å². The van der Waals surface area contributed by atoms with Gasteiger partial charge in [0.05, 0.1) is 12.3 Å². The summed E-state index contributed by atoms with van der Waals surface area (Å²) in [6.45, 7) is 5.08. The summed E-state index contributed by atoms with van der Waals surface area (Å²) in [5, 5.41) is 11.7. The Hall–Kier alpha value is -1.85. The molecule has 0 radical (unpaired) electrons. The predicted molar refractivity (Wildman–Crippen MR) is 86.8 cm³/mol. The molecule has 2 aromatic heterocycles. The fourth-order valence-electron chi connectivity index (χ4n) is 2.48. The molecule has 0 amide bonds. The first-order chi connectivity index (χ1) is 10.2. The summed E-state index contributed by atoms with van der Waals surface area (Å²) in [6, 6.07) is 10.7. The molecule has 0 fully saturated rings. The third-order valence-corrected chi connectivity index (χ3v) is 4.34. The number of benzene rings is 1. The molecule has 3 rings (SSSR count). The maximum absolute atomic E-state index is 9.74. The summed E-state index contributed by atoms with van der Waals surface area (Å²) in [7, 11) is 0. The van der Waals surface area contributed by atoms with Gasteiger partial charge < -0.3 is 10.0 Å². The van der Waals surface area contributed by atoms with Gasteiger partial charge in [0, 0.05) is 24.2 Å². The topological polar surface area (TPSA) is 40.8 Å². The van der Waals surface area contributed by atoms with Crippen LogP contribution in [0.3, 0.4) is 0 Å². The highest BCUT2D eigenvalue weighted by Crippen LogP contribution is 2.27. The van der Waals surface area contributed by atoms with E-state index in [2.05, 4.69) is 30.9 Å². The Balaban J connectivity index is 2.01. The molecule has 0 atom stereocenters. The summed E-state index contributed by atoms with van der Waals surface area (Å²) < 4.78 is 1.97. The van der Waals surface area contributed by atoms with E-state index in [9.17, 15) is 5.11 Å². The molecule has 4 nitrogen and oxygen atoms in total. The average Bonchev–Trinajstić information content (AvgIpc) is 3.05. The van der Waals surface area contributed by atoms with Crippen molar-refractivity contribution < 1.29 is 5.11 Å². The van der Waals surface area contributed by atoms with Crippen LogP contribution in [-0.4, -0.2) is 20.5 Å². The molecule has 3 aromatic rings. The first kappa shape index (κ1) is 14.1. The summed E-state index contributed by atoms with van der Waals surface area (Å²) >= 11 is 1.59. The second kappa shape index (κ2) is 5.87. The predicted octanol–water partition coefficient (Wildman–Crippen LogP) is 3.30. The number of hydrogen-bond acceptors (Lipinski definition) is 4. The van der Waals surface area contributed by atoms with Crippen LogP contribution in [0, 0.1) is 0 Å². The van der Waals surface area contributed by atoms with E-state index < -0.39 is 0 Å². The van der Waals surface area contributed by atoms with E-state index in [0.29, 0.717) is 6.04 Å². The van der Waals surface area contributed by atoms with E-state index in [1.54, 1.807) is 11.3 Å². The van der Waals surface area contributed by atoms with Crippen molar-refractivity contribution in [3.05, 3.63) is 53.2 Å². The SMILES string of the molecule is CC(C)N(Cc1ccccc1)c1nc2sccn2c1CO. The third-order valence-electron chi connectivity index (χ3n) is 3.58. The van der Waals surface area contributed by atoms with Crippen molar-refractivity contribution in [3.8, 4) is 0 Å². The molecule has 0 saturated carbocycles. The Morgan fingerprint density at radius 1 is 1.29 bits per heavy atom. The van der Waals surface area contributed by atoms with Crippen LogP contribution in [-0.2, 0) is 13.2 Å². The van der Waals surface area contributed by atoms with Crippen LogP contribution in [0.15, 0.2) is 41.9 Å². The zero-order valence-corrected chi connectivity index (χ0v) is 13.0.